The van der Waals surface area contributed by atoms with E-state index in [0.717, 1.165) is 44.8 Å². The molecule has 2 nitrogen and oxygen atoms in total. The van der Waals surface area contributed by atoms with Crippen molar-refractivity contribution in [3.05, 3.63) is 145 Å². The minimum Gasteiger partial charge on any atom is -0.291 e. The van der Waals surface area contributed by atoms with Crippen molar-refractivity contribution in [1.29, 1.82) is 0 Å². The molecule has 0 saturated heterocycles. The maximum atomic E-state index is 15.3. The van der Waals surface area contributed by atoms with Crippen molar-refractivity contribution in [3.8, 4) is 39.3 Å². The van der Waals surface area contributed by atoms with Crippen LogP contribution in [0.2, 0.25) is 0 Å². The van der Waals surface area contributed by atoms with Gasteiger partial charge in [-0.3, -0.25) is 4.57 Å². The van der Waals surface area contributed by atoms with E-state index in [2.05, 4.69) is 109 Å². The Hall–Kier alpha value is -5.06. The van der Waals surface area contributed by atoms with E-state index in [1.165, 1.54) is 31.3 Å². The minimum absolute atomic E-state index is 0.0943. The zero-order valence-corrected chi connectivity index (χ0v) is 25.3. The van der Waals surface area contributed by atoms with Gasteiger partial charge in [-0.1, -0.05) is 105 Å². The molecule has 0 amide bonds. The van der Waals surface area contributed by atoms with Gasteiger partial charge in [-0.2, -0.15) is 0 Å². The summed E-state index contributed by atoms with van der Waals surface area (Å²) in [5, 5.41) is 2.45. The molecule has 2 heterocycles. The van der Waals surface area contributed by atoms with E-state index in [0.29, 0.717) is 0 Å². The highest BCUT2D eigenvalue weighted by Gasteiger charge is 2.23. The van der Waals surface area contributed by atoms with Crippen LogP contribution >= 0.6 is 11.3 Å². The molecule has 0 aliphatic heterocycles. The van der Waals surface area contributed by atoms with Crippen LogP contribution in [-0.2, 0) is 0 Å². The van der Waals surface area contributed by atoms with Gasteiger partial charge in [0.1, 0.15) is 11.6 Å². The molecular formula is C40H29FN2S. The quantitative estimate of drug-likeness (QED) is 0.196. The smallest absolute Gasteiger partial charge is 0.145 e. The number of hydrogen-bond donors (Lipinski definition) is 0. The van der Waals surface area contributed by atoms with Crippen molar-refractivity contribution in [2.45, 2.75) is 19.8 Å². The van der Waals surface area contributed by atoms with Crippen molar-refractivity contribution in [1.82, 2.24) is 9.55 Å². The fraction of sp³-hybridized carbons (Fsp3) is 0.0750. The third-order valence-corrected chi connectivity index (χ3v) is 9.66. The van der Waals surface area contributed by atoms with Crippen molar-refractivity contribution in [3.63, 3.8) is 0 Å². The van der Waals surface area contributed by atoms with Crippen LogP contribution < -0.4 is 0 Å². The molecule has 0 atom stereocenters. The van der Waals surface area contributed by atoms with Gasteiger partial charge >= 0.3 is 0 Å². The molecule has 0 spiro atoms. The average molecular weight is 589 g/mol. The van der Waals surface area contributed by atoms with E-state index in [9.17, 15) is 0 Å². The van der Waals surface area contributed by atoms with Gasteiger partial charge in [0.25, 0.3) is 0 Å². The third-order valence-electron chi connectivity index (χ3n) is 8.44. The lowest BCUT2D eigenvalue weighted by molar-refractivity contribution is 0.623. The van der Waals surface area contributed by atoms with Gasteiger partial charge in [0.2, 0.25) is 0 Å². The van der Waals surface area contributed by atoms with Crippen LogP contribution in [-0.4, -0.2) is 9.55 Å². The molecule has 212 valence electrons. The highest BCUT2D eigenvalue weighted by Crippen LogP contribution is 2.43. The molecule has 0 aliphatic carbocycles. The number of nitrogens with zero attached hydrogens (tertiary/aromatic N) is 2. The van der Waals surface area contributed by atoms with E-state index in [4.69, 9.17) is 4.98 Å². The number of hydrogen-bond acceptors (Lipinski definition) is 2. The van der Waals surface area contributed by atoms with Crippen molar-refractivity contribution >= 4 is 42.5 Å². The molecule has 0 saturated carbocycles. The monoisotopic (exact) mass is 588 g/mol. The van der Waals surface area contributed by atoms with Crippen LogP contribution in [0.4, 0.5) is 4.39 Å². The number of benzene rings is 6. The number of rotatable bonds is 5. The van der Waals surface area contributed by atoms with E-state index in [-0.39, 0.29) is 11.7 Å². The fourth-order valence-corrected chi connectivity index (χ4v) is 7.59. The van der Waals surface area contributed by atoms with E-state index in [1.807, 2.05) is 41.7 Å². The van der Waals surface area contributed by atoms with Crippen molar-refractivity contribution < 1.29 is 4.39 Å². The van der Waals surface area contributed by atoms with Crippen molar-refractivity contribution in [2.24, 2.45) is 0 Å². The van der Waals surface area contributed by atoms with Crippen molar-refractivity contribution in [2.75, 3.05) is 0 Å². The molecule has 8 aromatic rings. The summed E-state index contributed by atoms with van der Waals surface area (Å²) >= 11 is 1.83. The fourth-order valence-electron chi connectivity index (χ4n) is 6.38. The van der Waals surface area contributed by atoms with Crippen LogP contribution in [0.15, 0.2) is 133 Å². The van der Waals surface area contributed by atoms with E-state index in [1.54, 1.807) is 12.1 Å². The van der Waals surface area contributed by atoms with Gasteiger partial charge in [-0.05, 0) is 70.6 Å². The zero-order chi connectivity index (χ0) is 29.8. The summed E-state index contributed by atoms with van der Waals surface area (Å²) in [4.78, 5) is 5.23. The first-order chi connectivity index (χ1) is 21.6. The predicted octanol–water partition coefficient (Wildman–Crippen LogP) is 11.7. The Labute approximate surface area is 259 Å². The second kappa shape index (κ2) is 10.6. The lowest BCUT2D eigenvalue weighted by Crippen LogP contribution is -2.07. The van der Waals surface area contributed by atoms with Gasteiger partial charge in [-0.25, -0.2) is 9.37 Å². The molecule has 0 N–H and O–H groups in total. The highest BCUT2D eigenvalue weighted by molar-refractivity contribution is 7.26. The zero-order valence-electron chi connectivity index (χ0n) is 24.5. The molecule has 44 heavy (non-hydrogen) atoms. The predicted molar refractivity (Wildman–Crippen MR) is 184 cm³/mol. The minimum atomic E-state index is -0.234. The molecule has 0 aliphatic rings. The lowest BCUT2D eigenvalue weighted by Gasteiger charge is -2.21. The summed E-state index contributed by atoms with van der Waals surface area (Å²) in [7, 11) is 0. The topological polar surface area (TPSA) is 17.8 Å². The first-order valence-corrected chi connectivity index (χ1v) is 15.8. The number of fused-ring (bicyclic) bond motifs is 4. The second-order valence-electron chi connectivity index (χ2n) is 11.5. The van der Waals surface area contributed by atoms with Crippen LogP contribution in [0.5, 0.6) is 0 Å². The Kier molecular flexibility index (Phi) is 6.39. The molecule has 0 radical (unpaired) electrons. The Bertz CT molecular complexity index is 2310. The van der Waals surface area contributed by atoms with Crippen LogP contribution in [0.1, 0.15) is 25.3 Å². The number of para-hydroxylation sites is 2. The number of halogens is 1. The highest BCUT2D eigenvalue weighted by atomic mass is 32.1. The Morgan fingerprint density at radius 3 is 2.09 bits per heavy atom. The molecular weight excluding hydrogens is 560 g/mol. The molecule has 2 aromatic heterocycles. The Morgan fingerprint density at radius 1 is 0.636 bits per heavy atom. The summed E-state index contributed by atoms with van der Waals surface area (Å²) < 4.78 is 20.0. The number of thiophene rings is 1. The molecule has 6 aromatic carbocycles. The SMILES string of the molecule is CC(C)c1cc(F)cc(-c2ccccc2)c1-n1c(-c2ccc3sc4c(-c5ccccc5)cccc4c3c2)nc2ccccc21. The first kappa shape index (κ1) is 26.6. The normalized spacial score (nSPS) is 11.7. The molecule has 8 rings (SSSR count). The number of aromatic nitrogens is 2. The summed E-state index contributed by atoms with van der Waals surface area (Å²) in [6.07, 6.45) is 0. The van der Waals surface area contributed by atoms with Crippen LogP contribution in [0.25, 0.3) is 70.5 Å². The summed E-state index contributed by atoms with van der Waals surface area (Å²) in [6, 6.07) is 45.5. The van der Waals surface area contributed by atoms with E-state index >= 15 is 4.39 Å². The molecule has 0 unspecified atom stereocenters. The third kappa shape index (κ3) is 4.33. The molecule has 0 fully saturated rings. The summed E-state index contributed by atoms with van der Waals surface area (Å²) in [6.45, 7) is 4.25. The van der Waals surface area contributed by atoms with Gasteiger partial charge in [-0.15, -0.1) is 11.3 Å². The standard InChI is InChI=1S/C40H29FN2S/c1-25(2)32-23-29(41)24-33(27-14-7-4-8-15-27)38(32)43-36-19-10-9-18-35(36)42-40(43)28-20-21-37-34(22-28)31-17-11-16-30(39(31)44-37)26-12-5-3-6-13-26/h3-25H,1-2H3. The van der Waals surface area contributed by atoms with Gasteiger partial charge < -0.3 is 0 Å². The maximum Gasteiger partial charge on any atom is 0.145 e. The number of imidazole rings is 1. The van der Waals surface area contributed by atoms with Gasteiger partial charge in [0, 0.05) is 31.3 Å². The molecule has 4 heteroatoms. The first-order valence-electron chi connectivity index (χ1n) is 14.9. The second-order valence-corrected chi connectivity index (χ2v) is 12.6. The molecule has 0 bridgehead atoms. The van der Waals surface area contributed by atoms with Crippen LogP contribution in [0.3, 0.4) is 0 Å². The van der Waals surface area contributed by atoms with E-state index < -0.39 is 0 Å². The summed E-state index contributed by atoms with van der Waals surface area (Å²) in [5.74, 6) is 0.705. The average Bonchev–Trinajstić information content (AvgIpc) is 3.63. The van der Waals surface area contributed by atoms with Gasteiger partial charge in [0.05, 0.1) is 16.7 Å². The Balaban J connectivity index is 1.42. The largest absolute Gasteiger partial charge is 0.291 e. The van der Waals surface area contributed by atoms with Crippen LogP contribution in [0, 0.1) is 5.82 Å². The summed E-state index contributed by atoms with van der Waals surface area (Å²) in [5.41, 5.74) is 9.14. The van der Waals surface area contributed by atoms with Gasteiger partial charge in [0.15, 0.2) is 0 Å². The Morgan fingerprint density at radius 2 is 1.34 bits per heavy atom. The lowest BCUT2D eigenvalue weighted by atomic mass is 9.93. The maximum absolute atomic E-state index is 15.3.